The molecule has 0 saturated heterocycles. The number of rotatable bonds is 6. The molecule has 34 heavy (non-hydrogen) atoms. The smallest absolute Gasteiger partial charge is 0.259 e. The number of likely N-dealkylation sites (N-methyl/N-ethyl adjacent to an activating group) is 1. The zero-order valence-electron chi connectivity index (χ0n) is 20.0. The predicted octanol–water partition coefficient (Wildman–Crippen LogP) is 3.18. The Kier molecular flexibility index (Phi) is 7.50. The monoisotopic (exact) mass is 465 g/mol. The molecule has 6 nitrogen and oxygen atoms in total. The summed E-state index contributed by atoms with van der Waals surface area (Å²) in [4.78, 5) is 21.9. The summed E-state index contributed by atoms with van der Waals surface area (Å²) in [6.07, 6.45) is 4.02. The summed E-state index contributed by atoms with van der Waals surface area (Å²) in [5, 5.41) is 9.80. The fourth-order valence-electron chi connectivity index (χ4n) is 4.19. The highest BCUT2D eigenvalue weighted by molar-refractivity contribution is 5.97. The van der Waals surface area contributed by atoms with Gasteiger partial charge < -0.3 is 19.6 Å². The lowest BCUT2D eigenvalue weighted by molar-refractivity contribution is 0.0327. The Bertz CT molecular complexity index is 1070. The second-order valence-electron chi connectivity index (χ2n) is 9.62. The van der Waals surface area contributed by atoms with Gasteiger partial charge in [-0.3, -0.25) is 4.79 Å². The van der Waals surface area contributed by atoms with Crippen LogP contribution in [0.2, 0.25) is 0 Å². The number of hydrogen-bond acceptors (Lipinski definition) is 5. The van der Waals surface area contributed by atoms with Crippen LogP contribution in [0.3, 0.4) is 0 Å². The normalized spacial score (nSPS) is 21.1. The lowest BCUT2D eigenvalue weighted by Gasteiger charge is -2.37. The number of aliphatic hydroxyl groups is 1. The summed E-state index contributed by atoms with van der Waals surface area (Å²) in [5.41, 5.74) is 1.57. The van der Waals surface area contributed by atoms with Crippen LogP contribution in [0.5, 0.6) is 5.88 Å². The summed E-state index contributed by atoms with van der Waals surface area (Å²) in [7, 11) is 2.11. The van der Waals surface area contributed by atoms with Gasteiger partial charge in [0.2, 0.25) is 5.88 Å². The van der Waals surface area contributed by atoms with Crippen molar-refractivity contribution in [3.8, 4) is 17.7 Å². The van der Waals surface area contributed by atoms with Crippen LogP contribution >= 0.6 is 0 Å². The fourth-order valence-corrected chi connectivity index (χ4v) is 4.19. The fraction of sp³-hybridized carbons (Fsp3) is 0.481. The van der Waals surface area contributed by atoms with E-state index in [4.69, 9.17) is 4.74 Å². The third kappa shape index (κ3) is 5.94. The topological polar surface area (TPSA) is 65.9 Å². The van der Waals surface area contributed by atoms with Gasteiger partial charge in [0.05, 0.1) is 12.6 Å². The van der Waals surface area contributed by atoms with Crippen molar-refractivity contribution in [2.45, 2.75) is 38.8 Å². The predicted molar refractivity (Wildman–Crippen MR) is 128 cm³/mol. The van der Waals surface area contributed by atoms with Crippen molar-refractivity contribution in [1.82, 2.24) is 14.8 Å². The zero-order valence-corrected chi connectivity index (χ0v) is 20.0. The number of benzene rings is 1. The number of pyridine rings is 1. The highest BCUT2D eigenvalue weighted by Crippen LogP contribution is 2.31. The minimum atomic E-state index is -0.334. The maximum absolute atomic E-state index is 13.5. The average molecular weight is 466 g/mol. The van der Waals surface area contributed by atoms with E-state index >= 15 is 0 Å². The first-order valence-corrected chi connectivity index (χ1v) is 11.9. The summed E-state index contributed by atoms with van der Waals surface area (Å²) in [6.45, 7) is 6.05. The zero-order chi connectivity index (χ0) is 24.2. The van der Waals surface area contributed by atoms with Crippen LogP contribution in [0.4, 0.5) is 4.39 Å². The third-order valence-corrected chi connectivity index (χ3v) is 6.47. The van der Waals surface area contributed by atoms with Crippen LogP contribution in [0.15, 0.2) is 36.5 Å². The Morgan fingerprint density at radius 2 is 1.94 bits per heavy atom. The summed E-state index contributed by atoms with van der Waals surface area (Å²) in [5.74, 6) is 6.57. The van der Waals surface area contributed by atoms with Crippen molar-refractivity contribution < 1.29 is 19.0 Å². The molecule has 1 N–H and O–H groups in total. The molecule has 3 atom stereocenters. The molecular weight excluding hydrogens is 433 g/mol. The minimum absolute atomic E-state index is 0.0625. The number of carbonyl (C=O) groups is 1. The number of aromatic nitrogens is 1. The number of amides is 1. The third-order valence-electron chi connectivity index (χ3n) is 6.47. The molecule has 2 aromatic rings. The summed E-state index contributed by atoms with van der Waals surface area (Å²) in [6, 6.07) is 7.28. The van der Waals surface area contributed by atoms with Gasteiger partial charge in [0.15, 0.2) is 0 Å². The number of fused-ring (bicyclic) bond motifs is 1. The molecular formula is C27H32FN3O3. The largest absolute Gasteiger partial charge is 0.472 e. The van der Waals surface area contributed by atoms with E-state index < -0.39 is 0 Å². The molecule has 0 radical (unpaired) electrons. The van der Waals surface area contributed by atoms with Crippen LogP contribution in [-0.2, 0) is 0 Å². The van der Waals surface area contributed by atoms with E-state index in [0.29, 0.717) is 29.1 Å². The first-order valence-electron chi connectivity index (χ1n) is 11.9. The van der Waals surface area contributed by atoms with Gasteiger partial charge in [-0.15, -0.1) is 0 Å². The molecule has 7 heteroatoms. The molecule has 0 bridgehead atoms. The quantitative estimate of drug-likeness (QED) is 0.664. The number of aliphatic hydroxyl groups excluding tert-OH is 1. The molecule has 0 unspecified atom stereocenters. The Hall–Kier alpha value is -2.95. The van der Waals surface area contributed by atoms with Gasteiger partial charge in [-0.05, 0) is 63.1 Å². The SMILES string of the molecule is C[C@@H]1CN([C@H](C)CO)C(=O)c2cc(C#Cc3ccc(F)cc3)cnc2O[C@@H]1CN(C)CC1CC1. The van der Waals surface area contributed by atoms with E-state index in [1.807, 2.05) is 6.92 Å². The molecule has 1 aromatic carbocycles. The number of carbonyl (C=O) groups excluding carboxylic acids is 1. The standard InChI is InChI=1S/C27H32FN3O3/c1-18-14-31(19(2)17-32)27(33)24-12-22(7-4-20-8-10-23(28)11-9-20)13-29-26(24)34-25(18)16-30(3)15-21-5-6-21/h8-13,18-19,21,25,32H,5-6,14-17H2,1-3H3/t18-,19-,25-/m1/s1. The molecule has 0 spiro atoms. The van der Waals surface area contributed by atoms with Crippen LogP contribution in [0.1, 0.15) is 48.2 Å². The summed E-state index contributed by atoms with van der Waals surface area (Å²) < 4.78 is 19.5. The first kappa shape index (κ1) is 24.2. The maximum atomic E-state index is 13.5. The number of ether oxygens (including phenoxy) is 1. The molecule has 4 rings (SSSR count). The number of halogens is 1. The molecule has 2 aliphatic rings. The number of nitrogens with zero attached hydrogens (tertiary/aromatic N) is 3. The second kappa shape index (κ2) is 10.5. The van der Waals surface area contributed by atoms with Gasteiger partial charge in [-0.25, -0.2) is 9.37 Å². The van der Waals surface area contributed by atoms with Crippen LogP contribution in [-0.4, -0.2) is 71.2 Å². The molecule has 1 amide bonds. The number of hydrogen-bond donors (Lipinski definition) is 1. The van der Waals surface area contributed by atoms with E-state index in [-0.39, 0.29) is 36.4 Å². The molecule has 180 valence electrons. The van der Waals surface area contributed by atoms with Gasteiger partial charge in [0.1, 0.15) is 17.5 Å². The van der Waals surface area contributed by atoms with Gasteiger partial charge in [-0.2, -0.15) is 0 Å². The Morgan fingerprint density at radius 3 is 2.62 bits per heavy atom. The van der Waals surface area contributed by atoms with Gasteiger partial charge in [0, 0.05) is 42.9 Å². The second-order valence-corrected chi connectivity index (χ2v) is 9.62. The minimum Gasteiger partial charge on any atom is -0.472 e. The van der Waals surface area contributed by atoms with E-state index in [1.165, 1.54) is 25.0 Å². The molecule has 1 aliphatic carbocycles. The van der Waals surface area contributed by atoms with Crippen molar-refractivity contribution in [3.63, 3.8) is 0 Å². The molecule has 1 aliphatic heterocycles. The Balaban J connectivity index is 1.64. The average Bonchev–Trinajstić information content (AvgIpc) is 3.64. The Morgan fingerprint density at radius 1 is 1.24 bits per heavy atom. The highest BCUT2D eigenvalue weighted by atomic mass is 19.1. The lowest BCUT2D eigenvalue weighted by Crippen LogP contribution is -2.50. The molecule has 1 saturated carbocycles. The lowest BCUT2D eigenvalue weighted by atomic mass is 9.99. The van der Waals surface area contributed by atoms with Gasteiger partial charge >= 0.3 is 0 Å². The summed E-state index contributed by atoms with van der Waals surface area (Å²) >= 11 is 0. The van der Waals surface area contributed by atoms with Crippen molar-refractivity contribution in [3.05, 3.63) is 59.0 Å². The van der Waals surface area contributed by atoms with E-state index in [2.05, 4.69) is 35.7 Å². The van der Waals surface area contributed by atoms with Crippen LogP contribution in [0, 0.1) is 29.5 Å². The van der Waals surface area contributed by atoms with Crippen molar-refractivity contribution in [2.24, 2.45) is 11.8 Å². The highest BCUT2D eigenvalue weighted by Gasteiger charge is 2.34. The van der Waals surface area contributed by atoms with Crippen molar-refractivity contribution in [2.75, 3.05) is 33.3 Å². The molecule has 2 heterocycles. The van der Waals surface area contributed by atoms with Crippen LogP contribution < -0.4 is 4.74 Å². The van der Waals surface area contributed by atoms with E-state index in [1.54, 1.807) is 29.3 Å². The molecule has 1 aromatic heterocycles. The van der Waals surface area contributed by atoms with Crippen molar-refractivity contribution >= 4 is 5.91 Å². The van der Waals surface area contributed by atoms with E-state index in [0.717, 1.165) is 19.0 Å². The maximum Gasteiger partial charge on any atom is 0.259 e. The van der Waals surface area contributed by atoms with E-state index in [9.17, 15) is 14.3 Å². The van der Waals surface area contributed by atoms with Crippen molar-refractivity contribution in [1.29, 1.82) is 0 Å². The van der Waals surface area contributed by atoms with Crippen LogP contribution in [0.25, 0.3) is 0 Å². The van der Waals surface area contributed by atoms with Gasteiger partial charge in [0.25, 0.3) is 5.91 Å². The molecule has 1 fully saturated rings. The van der Waals surface area contributed by atoms with Gasteiger partial charge in [-0.1, -0.05) is 18.8 Å². The first-order chi connectivity index (χ1) is 16.3. The Labute approximate surface area is 200 Å².